The van der Waals surface area contributed by atoms with Crippen LogP contribution in [-0.2, 0) is 0 Å². The van der Waals surface area contributed by atoms with Gasteiger partial charge in [0, 0.05) is 6.07 Å². The van der Waals surface area contributed by atoms with Crippen LogP contribution in [0.25, 0.3) is 16.7 Å². The number of benzene rings is 1. The quantitative estimate of drug-likeness (QED) is 0.644. The summed E-state index contributed by atoms with van der Waals surface area (Å²) in [4.78, 5) is 8.17. The number of aryl methyl sites for hydroxylation is 1. The fourth-order valence-corrected chi connectivity index (χ4v) is 2.06. The highest BCUT2D eigenvalue weighted by atomic mass is 35.5. The molecule has 1 aromatic carbocycles. The molecule has 2 aromatic heterocycles. The van der Waals surface area contributed by atoms with Crippen LogP contribution < -0.4 is 0 Å². The van der Waals surface area contributed by atoms with E-state index in [2.05, 4.69) is 15.1 Å². The van der Waals surface area contributed by atoms with E-state index in [4.69, 9.17) is 11.6 Å². The van der Waals surface area contributed by atoms with Crippen molar-refractivity contribution in [2.45, 2.75) is 6.92 Å². The van der Waals surface area contributed by atoms with Crippen molar-refractivity contribution in [3.8, 4) is 5.69 Å². The Bertz CT molecular complexity index is 785. The third-order valence-corrected chi connectivity index (χ3v) is 2.92. The summed E-state index contributed by atoms with van der Waals surface area (Å²) in [6, 6.07) is 3.24. The van der Waals surface area contributed by atoms with Crippen LogP contribution in [0, 0.1) is 18.6 Å². The molecule has 0 unspecified atom stereocenters. The lowest BCUT2D eigenvalue weighted by Crippen LogP contribution is -2.02. The lowest BCUT2D eigenvalue weighted by Gasteiger charge is -2.05. The Balaban J connectivity index is 2.31. The topological polar surface area (TPSA) is 43.6 Å². The van der Waals surface area contributed by atoms with Crippen molar-refractivity contribution in [1.29, 1.82) is 0 Å². The summed E-state index contributed by atoms with van der Waals surface area (Å²) in [5, 5.41) is 4.78. The second-order valence-electron chi connectivity index (χ2n) is 3.95. The van der Waals surface area contributed by atoms with E-state index >= 15 is 0 Å². The van der Waals surface area contributed by atoms with Gasteiger partial charge >= 0.3 is 0 Å². The Morgan fingerprint density at radius 2 is 2.00 bits per heavy atom. The van der Waals surface area contributed by atoms with Crippen molar-refractivity contribution in [1.82, 2.24) is 19.7 Å². The molecule has 0 saturated heterocycles. The monoisotopic (exact) mass is 280 g/mol. The van der Waals surface area contributed by atoms with Crippen LogP contribution >= 0.6 is 11.6 Å². The van der Waals surface area contributed by atoms with E-state index in [1.54, 1.807) is 6.92 Å². The molecular weight excluding hydrogens is 274 g/mol. The molecule has 7 heteroatoms. The lowest BCUT2D eigenvalue weighted by molar-refractivity contribution is 0.574. The second kappa shape index (κ2) is 4.24. The first-order chi connectivity index (χ1) is 9.06. The number of nitrogens with zero attached hydrogens (tertiary/aromatic N) is 4. The first-order valence-electron chi connectivity index (χ1n) is 5.39. The van der Waals surface area contributed by atoms with Crippen molar-refractivity contribution in [2.75, 3.05) is 0 Å². The van der Waals surface area contributed by atoms with Gasteiger partial charge in [-0.15, -0.1) is 0 Å². The van der Waals surface area contributed by atoms with Crippen LogP contribution in [0.4, 0.5) is 8.78 Å². The van der Waals surface area contributed by atoms with Crippen molar-refractivity contribution < 1.29 is 8.78 Å². The average molecular weight is 281 g/mol. The summed E-state index contributed by atoms with van der Waals surface area (Å²) in [7, 11) is 0. The minimum Gasteiger partial charge on any atom is -0.221 e. The maximum atomic E-state index is 13.8. The van der Waals surface area contributed by atoms with Gasteiger partial charge in [-0.1, -0.05) is 11.6 Å². The van der Waals surface area contributed by atoms with Gasteiger partial charge < -0.3 is 0 Å². The largest absolute Gasteiger partial charge is 0.221 e. The maximum Gasteiger partial charge on any atom is 0.168 e. The fourth-order valence-electron chi connectivity index (χ4n) is 1.80. The van der Waals surface area contributed by atoms with Gasteiger partial charge in [-0.2, -0.15) is 5.10 Å². The van der Waals surface area contributed by atoms with Gasteiger partial charge in [-0.3, -0.25) is 0 Å². The average Bonchev–Trinajstić information content (AvgIpc) is 2.73. The Kier molecular flexibility index (Phi) is 2.67. The molecular formula is C12H7ClF2N4. The zero-order chi connectivity index (χ0) is 13.6. The molecule has 3 rings (SSSR count). The number of rotatable bonds is 1. The molecule has 0 spiro atoms. The number of hydrogen-bond donors (Lipinski definition) is 0. The molecule has 2 heterocycles. The summed E-state index contributed by atoms with van der Waals surface area (Å²) >= 11 is 5.97. The first-order valence-corrected chi connectivity index (χ1v) is 5.77. The highest BCUT2D eigenvalue weighted by Crippen LogP contribution is 2.23. The van der Waals surface area contributed by atoms with Gasteiger partial charge in [0.05, 0.1) is 11.6 Å². The number of hydrogen-bond acceptors (Lipinski definition) is 3. The molecule has 0 aliphatic heterocycles. The Morgan fingerprint density at radius 1 is 1.21 bits per heavy atom. The van der Waals surface area contributed by atoms with E-state index < -0.39 is 11.6 Å². The van der Waals surface area contributed by atoms with Gasteiger partial charge in [0.25, 0.3) is 0 Å². The van der Waals surface area contributed by atoms with Crippen molar-refractivity contribution in [3.63, 3.8) is 0 Å². The molecule has 0 N–H and O–H groups in total. The normalized spacial score (nSPS) is 11.2. The summed E-state index contributed by atoms with van der Waals surface area (Å²) in [6.45, 7) is 1.67. The molecule has 0 aliphatic rings. The number of fused-ring (bicyclic) bond motifs is 1. The molecule has 4 nitrogen and oxygen atoms in total. The van der Waals surface area contributed by atoms with Crippen LogP contribution in [0.5, 0.6) is 0 Å². The van der Waals surface area contributed by atoms with E-state index in [0.717, 1.165) is 12.1 Å². The van der Waals surface area contributed by atoms with Crippen LogP contribution in [0.2, 0.25) is 5.15 Å². The molecule has 0 aliphatic carbocycles. The molecule has 0 fully saturated rings. The number of aromatic nitrogens is 4. The van der Waals surface area contributed by atoms with Crippen molar-refractivity contribution >= 4 is 22.6 Å². The van der Waals surface area contributed by atoms with Crippen LogP contribution in [0.15, 0.2) is 24.4 Å². The molecule has 0 bridgehead atoms. The van der Waals surface area contributed by atoms with E-state index in [1.807, 2.05) is 0 Å². The molecule has 0 saturated carbocycles. The second-order valence-corrected chi connectivity index (χ2v) is 4.31. The molecule has 0 radical (unpaired) electrons. The zero-order valence-corrected chi connectivity index (χ0v) is 10.5. The summed E-state index contributed by atoms with van der Waals surface area (Å²) in [6.07, 6.45) is 1.44. The van der Waals surface area contributed by atoms with E-state index in [1.165, 1.54) is 16.9 Å². The van der Waals surface area contributed by atoms with Gasteiger partial charge in [-0.05, 0) is 19.1 Å². The highest BCUT2D eigenvalue weighted by Gasteiger charge is 2.14. The Hall–Kier alpha value is -2.08. The van der Waals surface area contributed by atoms with Crippen LogP contribution in [0.3, 0.4) is 0 Å². The maximum absolute atomic E-state index is 13.8. The van der Waals surface area contributed by atoms with E-state index in [-0.39, 0.29) is 10.8 Å². The Labute approximate surface area is 111 Å². The van der Waals surface area contributed by atoms with E-state index in [9.17, 15) is 8.78 Å². The minimum absolute atomic E-state index is 0.102. The van der Waals surface area contributed by atoms with Gasteiger partial charge in [-0.25, -0.2) is 23.4 Å². The predicted octanol–water partition coefficient (Wildman–Crippen LogP) is 3.06. The number of halogens is 3. The van der Waals surface area contributed by atoms with Crippen molar-refractivity contribution in [3.05, 3.63) is 47.0 Å². The Morgan fingerprint density at radius 3 is 2.74 bits per heavy atom. The fraction of sp³-hybridized carbons (Fsp3) is 0.0833. The molecule has 0 atom stereocenters. The third kappa shape index (κ3) is 1.94. The van der Waals surface area contributed by atoms with Gasteiger partial charge in [0.2, 0.25) is 0 Å². The van der Waals surface area contributed by atoms with Crippen molar-refractivity contribution in [2.24, 2.45) is 0 Å². The SMILES string of the molecule is Cc1nc(Cl)c2cnn(-c3ccc(F)cc3F)c2n1. The first kappa shape index (κ1) is 12.0. The van der Waals surface area contributed by atoms with Crippen LogP contribution in [-0.4, -0.2) is 19.7 Å². The van der Waals surface area contributed by atoms with Crippen LogP contribution in [0.1, 0.15) is 5.82 Å². The summed E-state index contributed by atoms with van der Waals surface area (Å²) < 4.78 is 27.9. The summed E-state index contributed by atoms with van der Waals surface area (Å²) in [5.74, 6) is -0.930. The molecule has 96 valence electrons. The predicted molar refractivity (Wildman–Crippen MR) is 66.3 cm³/mol. The zero-order valence-electron chi connectivity index (χ0n) is 9.73. The third-order valence-electron chi connectivity index (χ3n) is 2.63. The minimum atomic E-state index is -0.725. The van der Waals surface area contributed by atoms with E-state index in [0.29, 0.717) is 16.9 Å². The summed E-state index contributed by atoms with van der Waals surface area (Å²) in [5.41, 5.74) is 0.480. The van der Waals surface area contributed by atoms with Gasteiger partial charge in [0.1, 0.15) is 22.5 Å². The lowest BCUT2D eigenvalue weighted by atomic mass is 10.3. The highest BCUT2D eigenvalue weighted by molar-refractivity contribution is 6.33. The van der Waals surface area contributed by atoms with Gasteiger partial charge in [0.15, 0.2) is 11.5 Å². The molecule has 0 amide bonds. The standard InChI is InChI=1S/C12H7ClF2N4/c1-6-17-11(13)8-5-16-19(12(8)18-6)10-3-2-7(14)4-9(10)15/h2-5H,1H3. The smallest absolute Gasteiger partial charge is 0.168 e. The molecule has 19 heavy (non-hydrogen) atoms. The molecule has 3 aromatic rings.